The van der Waals surface area contributed by atoms with Crippen LogP contribution in [0.3, 0.4) is 0 Å². The Balaban J connectivity index is 2.55. The van der Waals surface area contributed by atoms with E-state index in [1.807, 2.05) is 5.32 Å². The van der Waals surface area contributed by atoms with E-state index in [2.05, 4.69) is 9.72 Å². The van der Waals surface area contributed by atoms with Crippen molar-refractivity contribution in [2.45, 2.75) is 18.8 Å². The van der Waals surface area contributed by atoms with Crippen LogP contribution in [0.15, 0.2) is 42.6 Å². The number of ether oxygens (including phenoxy) is 2. The Bertz CT molecular complexity index is 873. The molecule has 0 saturated heterocycles. The average molecular weight is 397 g/mol. The first-order chi connectivity index (χ1) is 13.2. The number of anilines is 1. The molecule has 1 aromatic carbocycles. The van der Waals surface area contributed by atoms with Gasteiger partial charge in [-0.2, -0.15) is 13.2 Å². The highest BCUT2D eigenvalue weighted by Crippen LogP contribution is 2.34. The summed E-state index contributed by atoms with van der Waals surface area (Å²) < 4.78 is 51.5. The van der Waals surface area contributed by atoms with Gasteiger partial charge in [-0.3, -0.25) is 4.79 Å². The normalized spacial score (nSPS) is 13.2. The average Bonchev–Trinajstić information content (AvgIpc) is 2.67. The van der Waals surface area contributed by atoms with Crippen molar-refractivity contribution in [2.75, 3.05) is 19.5 Å². The third-order valence-electron chi connectivity index (χ3n) is 3.88. The second-order valence-electron chi connectivity index (χ2n) is 5.69. The number of aromatic nitrogens is 1. The van der Waals surface area contributed by atoms with E-state index >= 15 is 0 Å². The van der Waals surface area contributed by atoms with E-state index in [1.54, 1.807) is 11.4 Å². The Kier molecular flexibility index (Phi) is 6.12. The summed E-state index contributed by atoms with van der Waals surface area (Å²) in [5.74, 6) is -3.16. The molecule has 7 nitrogen and oxygen atoms in total. The second kappa shape index (κ2) is 8.15. The van der Waals surface area contributed by atoms with E-state index in [9.17, 15) is 22.8 Å². The molecule has 0 bridgehead atoms. The predicted molar refractivity (Wildman–Crippen MR) is 93.9 cm³/mol. The molecule has 1 aromatic heterocycles. The highest BCUT2D eigenvalue weighted by molar-refractivity contribution is 6.01. The summed E-state index contributed by atoms with van der Waals surface area (Å²) in [5, 5.41) is 3.72. The van der Waals surface area contributed by atoms with Crippen LogP contribution >= 0.6 is 0 Å². The van der Waals surface area contributed by atoms with Crippen molar-refractivity contribution in [3.63, 3.8) is 0 Å². The van der Waals surface area contributed by atoms with E-state index in [-0.39, 0.29) is 17.1 Å². The number of para-hydroxylation sites is 1. The first-order valence-electron chi connectivity index (χ1n) is 7.96. The first-order valence-corrected chi connectivity index (χ1v) is 7.96. The van der Waals surface area contributed by atoms with Gasteiger partial charge in [0, 0.05) is 6.20 Å². The van der Waals surface area contributed by atoms with Crippen LogP contribution in [0.25, 0.3) is 0 Å². The van der Waals surface area contributed by atoms with E-state index in [0.29, 0.717) is 5.56 Å². The minimum Gasteiger partial charge on any atom is -0.496 e. The quantitative estimate of drug-likeness (QED) is 0.576. The molecule has 0 aliphatic rings. The molecular weight excluding hydrogens is 379 g/mol. The fourth-order valence-corrected chi connectivity index (χ4v) is 2.41. The summed E-state index contributed by atoms with van der Waals surface area (Å²) >= 11 is 0. The molecule has 150 valence electrons. The number of methoxy groups -OCH3 is 2. The van der Waals surface area contributed by atoms with Crippen molar-refractivity contribution in [1.29, 1.82) is 0 Å². The number of amides is 1. The third kappa shape index (κ3) is 4.00. The molecule has 2 aromatic rings. The lowest BCUT2D eigenvalue weighted by molar-refractivity contribution is -0.203. The van der Waals surface area contributed by atoms with Crippen LogP contribution in [0.4, 0.5) is 19.0 Å². The van der Waals surface area contributed by atoms with E-state index < -0.39 is 23.7 Å². The minimum absolute atomic E-state index is 0.0370. The van der Waals surface area contributed by atoms with Crippen molar-refractivity contribution >= 4 is 17.7 Å². The molecule has 0 saturated carbocycles. The van der Waals surface area contributed by atoms with Crippen LogP contribution in [0.2, 0.25) is 0 Å². The van der Waals surface area contributed by atoms with Gasteiger partial charge in [0.05, 0.1) is 19.8 Å². The Morgan fingerprint density at radius 1 is 1.07 bits per heavy atom. The molecule has 0 spiro atoms. The zero-order valence-corrected chi connectivity index (χ0v) is 15.3. The summed E-state index contributed by atoms with van der Waals surface area (Å²) in [7, 11) is 2.05. The molecule has 0 unspecified atom stereocenters. The van der Waals surface area contributed by atoms with Gasteiger partial charge in [0.25, 0.3) is 5.91 Å². The number of nitrogens with zero attached hydrogens (tertiary/aromatic N) is 1. The van der Waals surface area contributed by atoms with Crippen LogP contribution in [-0.2, 0) is 9.53 Å². The zero-order valence-electron chi connectivity index (χ0n) is 15.3. The molecule has 0 radical (unpaired) electrons. The number of hydrogen-bond acceptors (Lipinski definition) is 6. The number of alkyl halides is 3. The molecule has 28 heavy (non-hydrogen) atoms. The van der Waals surface area contributed by atoms with Crippen LogP contribution in [-0.4, -0.2) is 42.9 Å². The van der Waals surface area contributed by atoms with Crippen molar-refractivity contribution in [3.05, 3.63) is 53.7 Å². The molecule has 0 aliphatic heterocycles. The lowest BCUT2D eigenvalue weighted by Gasteiger charge is -2.35. The van der Waals surface area contributed by atoms with Gasteiger partial charge >= 0.3 is 17.8 Å². The molecule has 1 atom stereocenters. The van der Waals surface area contributed by atoms with Crippen molar-refractivity contribution in [2.24, 2.45) is 0 Å². The number of nitrogens with one attached hydrogen (secondary N) is 2. The Labute approximate surface area is 158 Å². The van der Waals surface area contributed by atoms with E-state index in [1.165, 1.54) is 50.6 Å². The number of esters is 1. The van der Waals surface area contributed by atoms with Crippen molar-refractivity contribution in [1.82, 2.24) is 10.3 Å². The number of carbonyl (C=O) groups excluding carboxylic acids is 2. The molecule has 0 fully saturated rings. The summed E-state index contributed by atoms with van der Waals surface area (Å²) in [6.45, 7) is 1.50. The molecule has 2 rings (SSSR count). The van der Waals surface area contributed by atoms with Gasteiger partial charge in [-0.05, 0) is 30.7 Å². The SMILES string of the molecule is COC(=O)[C@](NC(=O)c1ccccc1OC)(Nc1ncccc1C)C(F)(F)F. The fourth-order valence-electron chi connectivity index (χ4n) is 2.41. The maximum absolute atomic E-state index is 14.1. The topological polar surface area (TPSA) is 89.5 Å². The smallest absolute Gasteiger partial charge is 0.441 e. The van der Waals surface area contributed by atoms with Gasteiger partial charge in [-0.15, -0.1) is 0 Å². The summed E-state index contributed by atoms with van der Waals surface area (Å²) in [6, 6.07) is 8.66. The van der Waals surface area contributed by atoms with Crippen LogP contribution < -0.4 is 15.4 Å². The number of pyridine rings is 1. The van der Waals surface area contributed by atoms with Gasteiger partial charge in [-0.25, -0.2) is 9.78 Å². The van der Waals surface area contributed by atoms with Gasteiger partial charge < -0.3 is 20.1 Å². The Hall–Kier alpha value is -3.30. The number of hydrogen-bond donors (Lipinski definition) is 2. The van der Waals surface area contributed by atoms with Crippen molar-refractivity contribution in [3.8, 4) is 5.75 Å². The lowest BCUT2D eigenvalue weighted by atomic mass is 10.1. The highest BCUT2D eigenvalue weighted by Gasteiger charge is 2.64. The van der Waals surface area contributed by atoms with Crippen LogP contribution in [0, 0.1) is 6.92 Å². The fraction of sp³-hybridized carbons (Fsp3) is 0.278. The monoisotopic (exact) mass is 397 g/mol. The Morgan fingerprint density at radius 2 is 1.75 bits per heavy atom. The Morgan fingerprint density at radius 3 is 2.32 bits per heavy atom. The number of aryl methyl sites for hydroxylation is 1. The second-order valence-corrected chi connectivity index (χ2v) is 5.69. The molecule has 1 amide bonds. The predicted octanol–water partition coefficient (Wildman–Crippen LogP) is 2.67. The van der Waals surface area contributed by atoms with Gasteiger partial charge in [0.2, 0.25) is 0 Å². The highest BCUT2D eigenvalue weighted by atomic mass is 19.4. The molecule has 0 aliphatic carbocycles. The van der Waals surface area contributed by atoms with Gasteiger partial charge in [0.1, 0.15) is 11.6 Å². The minimum atomic E-state index is -5.26. The number of benzene rings is 1. The molecule has 1 heterocycles. The molecular formula is C18H18F3N3O4. The summed E-state index contributed by atoms with van der Waals surface area (Å²) in [6.07, 6.45) is -4.02. The van der Waals surface area contributed by atoms with Gasteiger partial charge in [-0.1, -0.05) is 18.2 Å². The maximum Gasteiger partial charge on any atom is 0.441 e. The third-order valence-corrected chi connectivity index (χ3v) is 3.88. The van der Waals surface area contributed by atoms with E-state index in [4.69, 9.17) is 4.74 Å². The van der Waals surface area contributed by atoms with Crippen LogP contribution in [0.1, 0.15) is 15.9 Å². The standard InChI is InChI=1S/C18H18F3N3O4/c1-11-7-6-10-22-14(11)23-17(16(26)28-3,18(19,20)21)24-15(25)12-8-4-5-9-13(12)27-2/h4-10H,1-3H3,(H,22,23)(H,24,25)/t17-/m1/s1. The zero-order chi connectivity index (χ0) is 20.9. The van der Waals surface area contributed by atoms with Crippen LogP contribution in [0.5, 0.6) is 5.75 Å². The van der Waals surface area contributed by atoms with E-state index in [0.717, 1.165) is 7.11 Å². The number of carbonyl (C=O) groups is 2. The molecule has 2 N–H and O–H groups in total. The summed E-state index contributed by atoms with van der Waals surface area (Å²) in [5.41, 5.74) is -3.44. The lowest BCUT2D eigenvalue weighted by Crippen LogP contribution is -2.69. The summed E-state index contributed by atoms with van der Waals surface area (Å²) in [4.78, 5) is 28.7. The van der Waals surface area contributed by atoms with Gasteiger partial charge in [0.15, 0.2) is 0 Å². The number of halogens is 3. The maximum atomic E-state index is 14.1. The number of rotatable bonds is 6. The molecule has 10 heteroatoms. The largest absolute Gasteiger partial charge is 0.496 e. The first kappa shape index (κ1) is 21.0. The van der Waals surface area contributed by atoms with Crippen molar-refractivity contribution < 1.29 is 32.2 Å².